The number of carbonyl (C=O) groups is 1. The summed E-state index contributed by atoms with van der Waals surface area (Å²) in [5.41, 5.74) is 1.69. The van der Waals surface area contributed by atoms with Crippen molar-refractivity contribution in [1.29, 1.82) is 0 Å². The summed E-state index contributed by atoms with van der Waals surface area (Å²) < 4.78 is 1.85. The number of amides is 2. The predicted molar refractivity (Wildman–Crippen MR) is 126 cm³/mol. The molecule has 1 saturated carbocycles. The first kappa shape index (κ1) is 21.0. The molecule has 3 heterocycles. The van der Waals surface area contributed by atoms with E-state index in [4.69, 9.17) is 21.6 Å². The zero-order chi connectivity index (χ0) is 22.1. The summed E-state index contributed by atoms with van der Waals surface area (Å²) in [6, 6.07) is 7.67. The van der Waals surface area contributed by atoms with Gasteiger partial charge < -0.3 is 15.1 Å². The molecule has 0 unspecified atom stereocenters. The quantitative estimate of drug-likeness (QED) is 0.632. The zero-order valence-electron chi connectivity index (χ0n) is 18.3. The normalized spacial score (nSPS) is 16.9. The van der Waals surface area contributed by atoms with E-state index in [0.717, 1.165) is 73.7 Å². The number of halogens is 1. The Labute approximate surface area is 192 Å². The average molecular weight is 454 g/mol. The maximum atomic E-state index is 12.5. The zero-order valence-corrected chi connectivity index (χ0v) is 19.1. The molecule has 168 valence electrons. The Morgan fingerprint density at radius 3 is 2.84 bits per heavy atom. The van der Waals surface area contributed by atoms with Crippen molar-refractivity contribution in [2.75, 3.05) is 37.6 Å². The number of rotatable bonds is 5. The first-order chi connectivity index (χ1) is 15.6. The molecule has 2 aromatic heterocycles. The second-order valence-corrected chi connectivity index (χ2v) is 8.95. The van der Waals surface area contributed by atoms with Crippen LogP contribution in [0.4, 0.5) is 10.6 Å². The van der Waals surface area contributed by atoms with E-state index in [1.165, 1.54) is 0 Å². The number of aromatic nitrogens is 4. The number of carbonyl (C=O) groups excluding carboxylic acids is 1. The fourth-order valence-corrected chi connectivity index (χ4v) is 4.33. The van der Waals surface area contributed by atoms with Gasteiger partial charge in [-0.05, 0) is 43.9 Å². The third-order valence-electron chi connectivity index (χ3n) is 6.03. The van der Waals surface area contributed by atoms with Gasteiger partial charge in [0.05, 0.1) is 17.3 Å². The number of anilines is 1. The predicted octanol–water partition coefficient (Wildman–Crippen LogP) is 3.98. The van der Waals surface area contributed by atoms with Gasteiger partial charge >= 0.3 is 6.03 Å². The first-order valence-electron chi connectivity index (χ1n) is 11.4. The molecule has 0 radical (unpaired) electrons. The van der Waals surface area contributed by atoms with Gasteiger partial charge in [-0.1, -0.05) is 24.6 Å². The van der Waals surface area contributed by atoms with Crippen LogP contribution >= 0.6 is 11.6 Å². The minimum atomic E-state index is 0.0222. The highest BCUT2D eigenvalue weighted by Gasteiger charge is 2.30. The fourth-order valence-electron chi connectivity index (χ4n) is 4.15. The minimum Gasteiger partial charge on any atom is -0.354 e. The third-order valence-corrected chi connectivity index (χ3v) is 6.26. The molecular formula is C23H28ClN7O. The van der Waals surface area contributed by atoms with Gasteiger partial charge in [-0.25, -0.2) is 19.4 Å². The molecule has 3 aromatic rings. The molecule has 1 N–H and O–H groups in total. The Morgan fingerprint density at radius 2 is 2.06 bits per heavy atom. The maximum Gasteiger partial charge on any atom is 0.317 e. The van der Waals surface area contributed by atoms with Crippen LogP contribution in [0, 0.1) is 0 Å². The van der Waals surface area contributed by atoms with Crippen molar-refractivity contribution in [2.45, 2.75) is 38.5 Å². The van der Waals surface area contributed by atoms with E-state index in [9.17, 15) is 4.79 Å². The lowest BCUT2D eigenvalue weighted by atomic mass is 10.3. The number of nitrogens with one attached hydrogen (secondary N) is 1. The summed E-state index contributed by atoms with van der Waals surface area (Å²) in [5.74, 6) is 2.23. The molecule has 9 heteroatoms. The largest absolute Gasteiger partial charge is 0.354 e. The van der Waals surface area contributed by atoms with Crippen LogP contribution in [0.5, 0.6) is 0 Å². The lowest BCUT2D eigenvalue weighted by molar-refractivity contribution is 0.201. The molecule has 2 fully saturated rings. The Morgan fingerprint density at radius 1 is 1.19 bits per heavy atom. The van der Waals surface area contributed by atoms with Crippen molar-refractivity contribution in [3.05, 3.63) is 41.3 Å². The van der Waals surface area contributed by atoms with Crippen LogP contribution < -0.4 is 10.2 Å². The number of hydrogen-bond donors (Lipinski definition) is 1. The molecule has 0 atom stereocenters. The fraction of sp³-hybridized carbons (Fsp3) is 0.478. The highest BCUT2D eigenvalue weighted by molar-refractivity contribution is 6.30. The Balaban J connectivity index is 1.48. The molecule has 1 saturated heterocycles. The summed E-state index contributed by atoms with van der Waals surface area (Å²) >= 11 is 6.23. The lowest BCUT2D eigenvalue weighted by Crippen LogP contribution is -2.42. The molecule has 0 bridgehead atoms. The second kappa shape index (κ2) is 8.94. The standard InChI is InChI=1S/C23H28ClN7O/c1-2-9-25-23(32)30-11-4-10-29(12-13-30)21-19-15-26-31(18-6-3-5-17(24)14-18)22(19)28-20(27-21)16-7-8-16/h3,5-6,14-16H,2,4,7-13H2,1H3,(H,25,32). The van der Waals surface area contributed by atoms with Crippen LogP contribution in [0.3, 0.4) is 0 Å². The van der Waals surface area contributed by atoms with E-state index in [1.54, 1.807) is 0 Å². The molecule has 5 rings (SSSR count). The topological polar surface area (TPSA) is 79.2 Å². The van der Waals surface area contributed by atoms with Gasteiger partial charge in [-0.15, -0.1) is 0 Å². The number of benzene rings is 1. The van der Waals surface area contributed by atoms with E-state index in [-0.39, 0.29) is 6.03 Å². The van der Waals surface area contributed by atoms with Crippen molar-refractivity contribution in [3.63, 3.8) is 0 Å². The second-order valence-electron chi connectivity index (χ2n) is 8.51. The Hall–Kier alpha value is -2.87. The van der Waals surface area contributed by atoms with Crippen LogP contribution in [0.2, 0.25) is 5.02 Å². The molecule has 2 aliphatic rings. The summed E-state index contributed by atoms with van der Waals surface area (Å²) in [4.78, 5) is 26.5. The first-order valence-corrected chi connectivity index (χ1v) is 11.8. The Kier molecular flexibility index (Phi) is 5.87. The molecule has 0 spiro atoms. The van der Waals surface area contributed by atoms with Crippen molar-refractivity contribution < 1.29 is 4.79 Å². The Bertz CT molecular complexity index is 1130. The van der Waals surface area contributed by atoms with E-state index < -0.39 is 0 Å². The summed E-state index contributed by atoms with van der Waals surface area (Å²) in [6.45, 7) is 5.76. The monoisotopic (exact) mass is 453 g/mol. The van der Waals surface area contributed by atoms with Crippen molar-refractivity contribution in [1.82, 2.24) is 30.0 Å². The van der Waals surface area contributed by atoms with Crippen LogP contribution in [0.15, 0.2) is 30.5 Å². The number of urea groups is 1. The lowest BCUT2D eigenvalue weighted by Gasteiger charge is -2.24. The average Bonchev–Trinajstić information content (AvgIpc) is 3.60. The van der Waals surface area contributed by atoms with Crippen molar-refractivity contribution in [2.24, 2.45) is 0 Å². The van der Waals surface area contributed by atoms with E-state index in [0.29, 0.717) is 24.0 Å². The molecule has 8 nitrogen and oxygen atoms in total. The van der Waals surface area contributed by atoms with Crippen LogP contribution in [-0.2, 0) is 0 Å². The van der Waals surface area contributed by atoms with E-state index in [1.807, 2.05) is 40.0 Å². The third kappa shape index (κ3) is 4.24. The molecule has 2 amide bonds. The molecular weight excluding hydrogens is 426 g/mol. The van der Waals surface area contributed by atoms with Crippen molar-refractivity contribution >= 4 is 34.5 Å². The number of hydrogen-bond acceptors (Lipinski definition) is 5. The van der Waals surface area contributed by atoms with Gasteiger partial charge in [0.2, 0.25) is 0 Å². The molecule has 1 aliphatic heterocycles. The summed E-state index contributed by atoms with van der Waals surface area (Å²) in [6.07, 6.45) is 5.93. The van der Waals surface area contributed by atoms with Gasteiger partial charge in [-0.2, -0.15) is 5.10 Å². The molecule has 32 heavy (non-hydrogen) atoms. The van der Waals surface area contributed by atoms with Gasteiger partial charge in [0.15, 0.2) is 5.65 Å². The molecule has 1 aromatic carbocycles. The molecule has 1 aliphatic carbocycles. The SMILES string of the molecule is CCCNC(=O)N1CCCN(c2nc(C3CC3)nc3c2cnn3-c2cccc(Cl)c2)CC1. The highest BCUT2D eigenvalue weighted by atomic mass is 35.5. The summed E-state index contributed by atoms with van der Waals surface area (Å²) in [7, 11) is 0. The van der Waals surface area contributed by atoms with E-state index in [2.05, 4.69) is 22.2 Å². The van der Waals surface area contributed by atoms with E-state index >= 15 is 0 Å². The number of nitrogens with zero attached hydrogens (tertiary/aromatic N) is 6. The maximum absolute atomic E-state index is 12.5. The van der Waals surface area contributed by atoms with Gasteiger partial charge in [0.1, 0.15) is 11.6 Å². The summed E-state index contributed by atoms with van der Waals surface area (Å²) in [5, 5.41) is 9.22. The smallest absolute Gasteiger partial charge is 0.317 e. The number of fused-ring (bicyclic) bond motifs is 1. The van der Waals surface area contributed by atoms with Crippen LogP contribution in [-0.4, -0.2) is 63.4 Å². The van der Waals surface area contributed by atoms with Gasteiger partial charge in [0, 0.05) is 43.7 Å². The van der Waals surface area contributed by atoms with Crippen LogP contribution in [0.1, 0.15) is 44.3 Å². The highest BCUT2D eigenvalue weighted by Crippen LogP contribution is 2.40. The minimum absolute atomic E-state index is 0.0222. The van der Waals surface area contributed by atoms with Crippen LogP contribution in [0.25, 0.3) is 16.7 Å². The van der Waals surface area contributed by atoms with Crippen molar-refractivity contribution in [3.8, 4) is 5.69 Å². The van der Waals surface area contributed by atoms with Gasteiger partial charge in [-0.3, -0.25) is 0 Å². The van der Waals surface area contributed by atoms with Gasteiger partial charge in [0.25, 0.3) is 0 Å².